The largest absolute Gasteiger partial charge is 0.475 e. The molecule has 1 aromatic carbocycles. The molecule has 2 heterocycles. The van der Waals surface area contributed by atoms with Crippen molar-refractivity contribution in [3.8, 4) is 11.9 Å². The van der Waals surface area contributed by atoms with E-state index >= 15 is 0 Å². The first-order valence-corrected chi connectivity index (χ1v) is 9.33. The van der Waals surface area contributed by atoms with Crippen molar-refractivity contribution in [3.63, 3.8) is 0 Å². The number of nitriles is 1. The summed E-state index contributed by atoms with van der Waals surface area (Å²) in [4.78, 5) is 13.0. The lowest BCUT2D eigenvalue weighted by atomic mass is 9.90. The second-order valence-electron chi connectivity index (χ2n) is 6.88. The highest BCUT2D eigenvalue weighted by Gasteiger charge is 2.16. The number of pyridine rings is 1. The molecule has 0 unspecified atom stereocenters. The molecule has 1 aliphatic carbocycles. The Balaban J connectivity index is 1.51. The van der Waals surface area contributed by atoms with E-state index in [4.69, 9.17) is 4.74 Å². The quantitative estimate of drug-likeness (QED) is 0.717. The Bertz CT molecular complexity index is 976. The number of fused-ring (bicyclic) bond motifs is 1. The van der Waals surface area contributed by atoms with E-state index in [9.17, 15) is 5.26 Å². The van der Waals surface area contributed by atoms with Gasteiger partial charge in [0.05, 0.1) is 12.8 Å². The highest BCUT2D eigenvalue weighted by atomic mass is 16.5. The summed E-state index contributed by atoms with van der Waals surface area (Å²) in [5.41, 5.74) is 0.211. The van der Waals surface area contributed by atoms with E-state index in [1.54, 1.807) is 0 Å². The Morgan fingerprint density at radius 3 is 2.67 bits per heavy atom. The average molecular weight is 359 g/mol. The fourth-order valence-corrected chi connectivity index (χ4v) is 3.44. The molecule has 27 heavy (non-hydrogen) atoms. The summed E-state index contributed by atoms with van der Waals surface area (Å²) in [5.74, 6) is 2.00. The van der Waals surface area contributed by atoms with Crippen LogP contribution in [0.2, 0.25) is 0 Å². The average Bonchev–Trinajstić information content (AvgIpc) is 2.73. The summed E-state index contributed by atoms with van der Waals surface area (Å²) >= 11 is 0. The van der Waals surface area contributed by atoms with Crippen molar-refractivity contribution in [2.24, 2.45) is 5.92 Å². The van der Waals surface area contributed by atoms with E-state index in [2.05, 4.69) is 26.3 Å². The van der Waals surface area contributed by atoms with Crippen molar-refractivity contribution in [2.45, 2.75) is 32.1 Å². The SMILES string of the molecule is N#Cc1ncc(Nc2cc3ccccc3cn2)nc1OCC1CCCCC1. The van der Waals surface area contributed by atoms with Crippen LogP contribution in [-0.4, -0.2) is 21.6 Å². The van der Waals surface area contributed by atoms with E-state index in [1.807, 2.05) is 36.5 Å². The van der Waals surface area contributed by atoms with Crippen LogP contribution in [0.4, 0.5) is 11.6 Å². The zero-order valence-corrected chi connectivity index (χ0v) is 15.1. The van der Waals surface area contributed by atoms with Gasteiger partial charge in [-0.2, -0.15) is 10.2 Å². The first kappa shape index (κ1) is 17.2. The fourth-order valence-electron chi connectivity index (χ4n) is 3.44. The van der Waals surface area contributed by atoms with Gasteiger partial charge in [-0.1, -0.05) is 43.5 Å². The Hall–Kier alpha value is -3.20. The third kappa shape index (κ3) is 4.14. The molecule has 1 N–H and O–H groups in total. The van der Waals surface area contributed by atoms with E-state index in [0.29, 0.717) is 24.2 Å². The summed E-state index contributed by atoms with van der Waals surface area (Å²) in [7, 11) is 0. The predicted octanol–water partition coefficient (Wildman–Crippen LogP) is 4.60. The van der Waals surface area contributed by atoms with Gasteiger partial charge in [0.15, 0.2) is 5.82 Å². The van der Waals surface area contributed by atoms with Crippen molar-refractivity contribution in [1.29, 1.82) is 5.26 Å². The Morgan fingerprint density at radius 1 is 1.04 bits per heavy atom. The highest BCUT2D eigenvalue weighted by molar-refractivity contribution is 5.84. The van der Waals surface area contributed by atoms with Crippen molar-refractivity contribution in [2.75, 3.05) is 11.9 Å². The molecule has 0 bridgehead atoms. The maximum atomic E-state index is 9.29. The van der Waals surface area contributed by atoms with Crippen LogP contribution in [0, 0.1) is 17.2 Å². The van der Waals surface area contributed by atoms with Crippen LogP contribution >= 0.6 is 0 Å². The van der Waals surface area contributed by atoms with Crippen molar-refractivity contribution in [3.05, 3.63) is 48.4 Å². The van der Waals surface area contributed by atoms with Gasteiger partial charge in [-0.05, 0) is 30.2 Å². The van der Waals surface area contributed by atoms with Crippen LogP contribution in [0.25, 0.3) is 10.8 Å². The first-order chi connectivity index (χ1) is 13.3. The van der Waals surface area contributed by atoms with E-state index in [-0.39, 0.29) is 11.6 Å². The number of anilines is 2. The molecule has 3 aromatic rings. The van der Waals surface area contributed by atoms with Crippen LogP contribution in [0.3, 0.4) is 0 Å². The van der Waals surface area contributed by atoms with Gasteiger partial charge in [0.25, 0.3) is 5.88 Å². The molecule has 1 saturated carbocycles. The van der Waals surface area contributed by atoms with Crippen molar-refractivity contribution in [1.82, 2.24) is 15.0 Å². The maximum absolute atomic E-state index is 9.29. The number of ether oxygens (including phenoxy) is 1. The third-order valence-corrected chi connectivity index (χ3v) is 4.91. The molecule has 1 aliphatic rings. The molecule has 6 nitrogen and oxygen atoms in total. The lowest BCUT2D eigenvalue weighted by Gasteiger charge is -2.21. The predicted molar refractivity (Wildman–Crippen MR) is 104 cm³/mol. The number of hydrogen-bond acceptors (Lipinski definition) is 6. The van der Waals surface area contributed by atoms with Crippen LogP contribution in [-0.2, 0) is 0 Å². The second kappa shape index (κ2) is 8.00. The first-order valence-electron chi connectivity index (χ1n) is 9.33. The van der Waals surface area contributed by atoms with Crippen LogP contribution in [0.15, 0.2) is 42.7 Å². The monoisotopic (exact) mass is 359 g/mol. The minimum Gasteiger partial charge on any atom is -0.475 e. The van der Waals surface area contributed by atoms with Crippen LogP contribution in [0.5, 0.6) is 5.88 Å². The third-order valence-electron chi connectivity index (χ3n) is 4.91. The molecule has 0 spiro atoms. The second-order valence-corrected chi connectivity index (χ2v) is 6.88. The number of rotatable bonds is 5. The zero-order valence-electron chi connectivity index (χ0n) is 15.1. The van der Waals surface area contributed by atoms with Gasteiger partial charge in [-0.25, -0.2) is 9.97 Å². The summed E-state index contributed by atoms with van der Waals surface area (Å²) in [6, 6.07) is 12.0. The zero-order chi connectivity index (χ0) is 18.5. The number of nitrogens with one attached hydrogen (secondary N) is 1. The van der Waals surface area contributed by atoms with Gasteiger partial charge in [-0.3, -0.25) is 0 Å². The van der Waals surface area contributed by atoms with E-state index < -0.39 is 0 Å². The molecule has 6 heteroatoms. The standard InChI is InChI=1S/C21H21N5O/c22-11-18-21(27-14-15-6-2-1-3-7-15)26-20(13-23-18)25-19-10-16-8-4-5-9-17(16)12-24-19/h4-5,8-10,12-13,15H,1-3,6-7,14H2,(H,24,25,26). The topological polar surface area (TPSA) is 83.7 Å². The number of aromatic nitrogens is 3. The molecule has 1 fully saturated rings. The normalized spacial score (nSPS) is 14.6. The van der Waals surface area contributed by atoms with Gasteiger partial charge >= 0.3 is 0 Å². The fraction of sp³-hybridized carbons (Fsp3) is 0.333. The Morgan fingerprint density at radius 2 is 1.85 bits per heavy atom. The minimum atomic E-state index is 0.211. The molecule has 0 amide bonds. The Labute approximate surface area is 158 Å². The number of nitrogens with zero attached hydrogens (tertiary/aromatic N) is 4. The van der Waals surface area contributed by atoms with E-state index in [0.717, 1.165) is 10.8 Å². The lowest BCUT2D eigenvalue weighted by Crippen LogP contribution is -2.16. The van der Waals surface area contributed by atoms with Crippen molar-refractivity contribution >= 4 is 22.4 Å². The summed E-state index contributed by atoms with van der Waals surface area (Å²) in [6.07, 6.45) is 9.50. The van der Waals surface area contributed by atoms with Crippen LogP contribution < -0.4 is 10.1 Å². The molecule has 4 rings (SSSR count). The summed E-state index contributed by atoms with van der Waals surface area (Å²) in [6.45, 7) is 0.584. The number of benzene rings is 1. The number of hydrogen-bond donors (Lipinski definition) is 1. The van der Waals surface area contributed by atoms with Gasteiger partial charge in [0.1, 0.15) is 11.9 Å². The van der Waals surface area contributed by atoms with Gasteiger partial charge in [0.2, 0.25) is 5.69 Å². The van der Waals surface area contributed by atoms with Crippen molar-refractivity contribution < 1.29 is 4.74 Å². The molecule has 0 aliphatic heterocycles. The molecule has 0 radical (unpaired) electrons. The molecular weight excluding hydrogens is 338 g/mol. The minimum absolute atomic E-state index is 0.211. The van der Waals surface area contributed by atoms with Gasteiger partial charge in [0, 0.05) is 11.6 Å². The van der Waals surface area contributed by atoms with Crippen LogP contribution in [0.1, 0.15) is 37.8 Å². The highest BCUT2D eigenvalue weighted by Crippen LogP contribution is 2.26. The smallest absolute Gasteiger partial charge is 0.253 e. The summed E-state index contributed by atoms with van der Waals surface area (Å²) < 4.78 is 5.86. The molecule has 0 saturated heterocycles. The summed E-state index contributed by atoms with van der Waals surface area (Å²) in [5, 5.41) is 14.6. The molecule has 0 atom stereocenters. The van der Waals surface area contributed by atoms with Gasteiger partial charge < -0.3 is 10.1 Å². The molecule has 2 aromatic heterocycles. The Kier molecular flexibility index (Phi) is 5.10. The van der Waals surface area contributed by atoms with Gasteiger partial charge in [-0.15, -0.1) is 0 Å². The molecular formula is C21H21N5O. The molecule has 136 valence electrons. The maximum Gasteiger partial charge on any atom is 0.253 e. The lowest BCUT2D eigenvalue weighted by molar-refractivity contribution is 0.202. The van der Waals surface area contributed by atoms with E-state index in [1.165, 1.54) is 38.3 Å².